The monoisotopic (exact) mass is 546 g/mol. The molecular weight excluding hydrogens is 505 g/mol. The predicted molar refractivity (Wildman–Crippen MR) is 173 cm³/mol. The molecule has 0 radical (unpaired) electrons. The van der Waals surface area contributed by atoms with Crippen LogP contribution in [0.15, 0.2) is 134 Å². The highest BCUT2D eigenvalue weighted by atomic mass is 28.3. The Hall–Kier alpha value is -3.35. The number of rotatable bonds is 6. The van der Waals surface area contributed by atoms with E-state index in [2.05, 4.69) is 184 Å². The lowest BCUT2D eigenvalue weighted by Gasteiger charge is -2.53. The first-order valence-electron chi connectivity index (χ1n) is 14.1. The van der Waals surface area contributed by atoms with Crippen LogP contribution in [-0.4, -0.2) is 32.3 Å². The van der Waals surface area contributed by atoms with Gasteiger partial charge in [-0.1, -0.05) is 163 Å². The molecule has 0 bridgehead atoms. The van der Waals surface area contributed by atoms with Crippen LogP contribution in [0.2, 0.25) is 10.1 Å². The average molecular weight is 547 g/mol. The summed E-state index contributed by atoms with van der Waals surface area (Å²) >= 11 is 0. The van der Waals surface area contributed by atoms with E-state index >= 15 is 0 Å². The largest absolute Gasteiger partial charge is 0.378 e. The van der Waals surface area contributed by atoms with Crippen LogP contribution in [0.3, 0.4) is 0 Å². The van der Waals surface area contributed by atoms with Crippen molar-refractivity contribution in [1.82, 2.24) is 9.13 Å². The maximum Gasteiger partial charge on any atom is 0.226 e. The van der Waals surface area contributed by atoms with E-state index in [0.717, 1.165) is 6.67 Å². The van der Waals surface area contributed by atoms with E-state index in [-0.39, 0.29) is 10.1 Å². The van der Waals surface area contributed by atoms with Crippen LogP contribution < -0.4 is 20.7 Å². The standard InChI is InChI=1S/C35H42N2Si2/c1-34(2,3)38(30-19-11-7-12-20-30,31-21-13-8-14-22-31)36-27-28-37(29-36)39(35(4,5)6,32-23-15-9-16-24-32)33-25-17-10-18-26-33/h7-28H,29H2,1-6H3. The third kappa shape index (κ3) is 4.40. The molecule has 4 aromatic carbocycles. The van der Waals surface area contributed by atoms with Crippen LogP contribution >= 0.6 is 0 Å². The van der Waals surface area contributed by atoms with Crippen molar-refractivity contribution in [2.45, 2.75) is 51.6 Å². The zero-order valence-electron chi connectivity index (χ0n) is 24.3. The van der Waals surface area contributed by atoms with Gasteiger partial charge in [-0.25, -0.2) is 0 Å². The summed E-state index contributed by atoms with van der Waals surface area (Å²) in [5.41, 5.74) is 0. The summed E-state index contributed by atoms with van der Waals surface area (Å²) in [6.45, 7) is 15.5. The third-order valence-corrected chi connectivity index (χ3v) is 19.9. The van der Waals surface area contributed by atoms with Gasteiger partial charge >= 0.3 is 0 Å². The molecule has 200 valence electrons. The first-order chi connectivity index (χ1) is 18.6. The Labute approximate surface area is 237 Å². The molecule has 5 rings (SSSR count). The first kappa shape index (κ1) is 27.2. The molecule has 1 aliphatic rings. The molecule has 0 N–H and O–H groups in total. The normalized spacial score (nSPS) is 14.6. The lowest BCUT2D eigenvalue weighted by Crippen LogP contribution is -2.77. The van der Waals surface area contributed by atoms with Crippen molar-refractivity contribution in [2.75, 3.05) is 6.67 Å². The molecule has 0 amide bonds. The maximum atomic E-state index is 2.75. The van der Waals surface area contributed by atoms with Crippen molar-refractivity contribution in [3.05, 3.63) is 134 Å². The highest BCUT2D eigenvalue weighted by molar-refractivity contribution is 7.03. The Kier molecular flexibility index (Phi) is 7.21. The minimum atomic E-state index is -2.47. The summed E-state index contributed by atoms with van der Waals surface area (Å²) < 4.78 is 5.49. The fraction of sp³-hybridized carbons (Fsp3) is 0.257. The fourth-order valence-corrected chi connectivity index (χ4v) is 18.5. The van der Waals surface area contributed by atoms with Gasteiger partial charge in [-0.3, -0.25) is 0 Å². The molecule has 0 atom stereocenters. The van der Waals surface area contributed by atoms with Crippen LogP contribution in [0.1, 0.15) is 41.5 Å². The fourth-order valence-electron chi connectivity index (χ4n) is 7.16. The van der Waals surface area contributed by atoms with Crippen molar-refractivity contribution < 1.29 is 0 Å². The summed E-state index contributed by atoms with van der Waals surface area (Å²) in [5, 5.41) is 5.91. The number of hydrogen-bond acceptors (Lipinski definition) is 2. The lowest BCUT2D eigenvalue weighted by molar-refractivity contribution is 0.428. The van der Waals surface area contributed by atoms with Crippen molar-refractivity contribution in [3.63, 3.8) is 0 Å². The van der Waals surface area contributed by atoms with Crippen LogP contribution in [0.4, 0.5) is 0 Å². The summed E-state index contributed by atoms with van der Waals surface area (Å²) in [4.78, 5) is 0. The van der Waals surface area contributed by atoms with E-state index in [0.29, 0.717) is 0 Å². The molecule has 0 spiro atoms. The number of benzene rings is 4. The average Bonchev–Trinajstić information content (AvgIpc) is 3.40. The lowest BCUT2D eigenvalue weighted by atomic mass is 10.2. The van der Waals surface area contributed by atoms with Gasteiger partial charge in [-0.2, -0.15) is 0 Å². The molecule has 1 heterocycles. The van der Waals surface area contributed by atoms with Crippen molar-refractivity contribution >= 4 is 37.2 Å². The molecule has 39 heavy (non-hydrogen) atoms. The Morgan fingerprint density at radius 1 is 0.410 bits per heavy atom. The minimum Gasteiger partial charge on any atom is -0.378 e. The Bertz CT molecular complexity index is 1200. The van der Waals surface area contributed by atoms with Crippen LogP contribution in [0.5, 0.6) is 0 Å². The van der Waals surface area contributed by atoms with Gasteiger partial charge in [0.05, 0.1) is 6.67 Å². The van der Waals surface area contributed by atoms with Crippen molar-refractivity contribution in [1.29, 1.82) is 0 Å². The molecule has 4 aromatic rings. The molecule has 1 aliphatic heterocycles. The highest BCUT2D eigenvalue weighted by Gasteiger charge is 2.57. The van der Waals surface area contributed by atoms with Gasteiger partial charge in [0.1, 0.15) is 0 Å². The summed E-state index contributed by atoms with van der Waals surface area (Å²) in [6, 6.07) is 45.2. The van der Waals surface area contributed by atoms with E-state index in [1.54, 1.807) is 0 Å². The van der Waals surface area contributed by atoms with E-state index in [1.807, 2.05) is 0 Å². The summed E-state index contributed by atoms with van der Waals surface area (Å²) in [5.74, 6) is 0. The molecule has 0 aliphatic carbocycles. The van der Waals surface area contributed by atoms with Gasteiger partial charge in [0.2, 0.25) is 16.5 Å². The van der Waals surface area contributed by atoms with Gasteiger partial charge in [0.25, 0.3) is 0 Å². The Morgan fingerprint density at radius 2 is 0.641 bits per heavy atom. The van der Waals surface area contributed by atoms with Crippen molar-refractivity contribution in [2.24, 2.45) is 0 Å². The van der Waals surface area contributed by atoms with E-state index < -0.39 is 16.5 Å². The third-order valence-electron chi connectivity index (χ3n) is 8.53. The maximum absolute atomic E-state index is 2.75. The molecule has 0 saturated heterocycles. The van der Waals surface area contributed by atoms with Gasteiger partial charge in [-0.15, -0.1) is 0 Å². The summed E-state index contributed by atoms with van der Waals surface area (Å²) in [6.07, 6.45) is 4.85. The topological polar surface area (TPSA) is 6.48 Å². The molecule has 0 unspecified atom stereocenters. The van der Waals surface area contributed by atoms with Crippen molar-refractivity contribution in [3.8, 4) is 0 Å². The quantitative estimate of drug-likeness (QED) is 0.268. The summed E-state index contributed by atoms with van der Waals surface area (Å²) in [7, 11) is -4.94. The van der Waals surface area contributed by atoms with E-state index in [1.165, 1.54) is 20.7 Å². The second kappa shape index (κ2) is 10.3. The highest BCUT2D eigenvalue weighted by Crippen LogP contribution is 2.43. The van der Waals surface area contributed by atoms with Gasteiger partial charge in [-0.05, 0) is 30.8 Å². The number of hydrogen-bond donors (Lipinski definition) is 0. The predicted octanol–water partition coefficient (Wildman–Crippen LogP) is 6.15. The minimum absolute atomic E-state index is 0.0432. The Morgan fingerprint density at radius 3 is 0.846 bits per heavy atom. The van der Waals surface area contributed by atoms with Crippen LogP contribution in [-0.2, 0) is 0 Å². The number of nitrogens with zero attached hydrogens (tertiary/aromatic N) is 2. The Balaban J connectivity index is 1.73. The molecule has 2 nitrogen and oxygen atoms in total. The molecule has 4 heteroatoms. The van der Waals surface area contributed by atoms with Crippen LogP contribution in [0.25, 0.3) is 0 Å². The smallest absolute Gasteiger partial charge is 0.226 e. The molecule has 0 saturated carbocycles. The van der Waals surface area contributed by atoms with Gasteiger partial charge in [0.15, 0.2) is 0 Å². The van der Waals surface area contributed by atoms with Gasteiger partial charge in [0, 0.05) is 12.4 Å². The molecular formula is C35H42N2Si2. The SMILES string of the molecule is CC(C)(C)[Si](c1ccccc1)(c1ccccc1)N1C=CN([Si](c2ccccc2)(c2ccccc2)C(C)(C)C)C1. The first-order valence-corrected chi connectivity index (χ1v) is 18.0. The zero-order valence-corrected chi connectivity index (χ0v) is 26.3. The van der Waals surface area contributed by atoms with E-state index in [4.69, 9.17) is 0 Å². The van der Waals surface area contributed by atoms with Gasteiger partial charge < -0.3 is 9.13 Å². The second-order valence-corrected chi connectivity index (χ2v) is 22.1. The molecule has 0 fully saturated rings. The zero-order chi connectivity index (χ0) is 27.7. The van der Waals surface area contributed by atoms with Crippen LogP contribution in [0, 0.1) is 0 Å². The van der Waals surface area contributed by atoms with E-state index in [9.17, 15) is 0 Å². The molecule has 0 aromatic heterocycles. The second-order valence-electron chi connectivity index (χ2n) is 12.8.